The van der Waals surface area contributed by atoms with E-state index in [1.54, 1.807) is 36.9 Å². The van der Waals surface area contributed by atoms with Crippen LogP contribution in [0.15, 0.2) is 48.5 Å². The summed E-state index contributed by atoms with van der Waals surface area (Å²) in [6.45, 7) is 4.24. The van der Waals surface area contributed by atoms with Gasteiger partial charge in [0.05, 0.1) is 11.7 Å². The molecule has 0 aliphatic carbocycles. The van der Waals surface area contributed by atoms with Gasteiger partial charge in [-0.25, -0.2) is 4.39 Å². The Kier molecular flexibility index (Phi) is 6.13. The van der Waals surface area contributed by atoms with Gasteiger partial charge in [0.15, 0.2) is 5.69 Å². The van der Waals surface area contributed by atoms with E-state index in [9.17, 15) is 9.18 Å². The molecule has 6 heteroatoms. The average Bonchev–Trinajstić information content (AvgIpc) is 3.07. The van der Waals surface area contributed by atoms with Gasteiger partial charge < -0.3 is 10.2 Å². The lowest BCUT2D eigenvalue weighted by Gasteiger charge is -2.25. The molecule has 3 aromatic rings. The van der Waals surface area contributed by atoms with Crippen molar-refractivity contribution in [1.29, 1.82) is 0 Å². The van der Waals surface area contributed by atoms with Crippen LogP contribution in [0.1, 0.15) is 33.2 Å². The molecule has 1 N–H and O–H groups in total. The average molecular weight is 394 g/mol. The summed E-state index contributed by atoms with van der Waals surface area (Å²) in [5.41, 5.74) is 4.83. The standard InChI is InChI=1S/C23H27FN4O/c1-15-6-8-17(9-7-15)22(27(3)4)14-25-23(29)20-13-21(28(5)26-20)18-10-11-19(24)16(2)12-18/h6-13,22H,14H2,1-5H3,(H,25,29). The Hall–Kier alpha value is -2.99. The van der Waals surface area contributed by atoms with E-state index in [-0.39, 0.29) is 17.8 Å². The van der Waals surface area contributed by atoms with Gasteiger partial charge in [0.25, 0.3) is 5.91 Å². The zero-order valence-corrected chi connectivity index (χ0v) is 17.5. The summed E-state index contributed by atoms with van der Waals surface area (Å²) in [5, 5.41) is 7.33. The molecule has 2 aromatic carbocycles. The first-order chi connectivity index (χ1) is 13.8. The van der Waals surface area contributed by atoms with Crippen molar-refractivity contribution < 1.29 is 9.18 Å². The minimum absolute atomic E-state index is 0.0579. The van der Waals surface area contributed by atoms with E-state index in [4.69, 9.17) is 0 Å². The molecule has 1 atom stereocenters. The third-order valence-electron chi connectivity index (χ3n) is 5.11. The van der Waals surface area contributed by atoms with Crippen LogP contribution in [0.25, 0.3) is 11.3 Å². The molecule has 1 amide bonds. The topological polar surface area (TPSA) is 50.2 Å². The molecule has 1 heterocycles. The molecular formula is C23H27FN4O. The van der Waals surface area contributed by atoms with E-state index in [1.807, 2.05) is 14.1 Å². The molecule has 1 aromatic heterocycles. The Labute approximate surface area is 171 Å². The van der Waals surface area contributed by atoms with Gasteiger partial charge in [0, 0.05) is 19.2 Å². The molecule has 152 valence electrons. The molecule has 1 unspecified atom stereocenters. The first kappa shape index (κ1) is 20.7. The summed E-state index contributed by atoms with van der Waals surface area (Å²) >= 11 is 0. The van der Waals surface area contributed by atoms with Crippen molar-refractivity contribution >= 4 is 5.91 Å². The lowest BCUT2D eigenvalue weighted by molar-refractivity contribution is 0.0936. The molecule has 5 nitrogen and oxygen atoms in total. The highest BCUT2D eigenvalue weighted by atomic mass is 19.1. The Bertz CT molecular complexity index is 1010. The Balaban J connectivity index is 1.75. The second-order valence-corrected chi connectivity index (χ2v) is 7.60. The fourth-order valence-corrected chi connectivity index (χ4v) is 3.32. The van der Waals surface area contributed by atoms with Crippen molar-refractivity contribution in [2.75, 3.05) is 20.6 Å². The first-order valence-electron chi connectivity index (χ1n) is 9.58. The number of likely N-dealkylation sites (N-methyl/N-ethyl adjacent to an activating group) is 1. The largest absolute Gasteiger partial charge is 0.349 e. The predicted molar refractivity (Wildman–Crippen MR) is 113 cm³/mol. The fraction of sp³-hybridized carbons (Fsp3) is 0.304. The fourth-order valence-electron chi connectivity index (χ4n) is 3.32. The highest BCUT2D eigenvalue weighted by molar-refractivity contribution is 5.93. The molecule has 0 spiro atoms. The first-order valence-corrected chi connectivity index (χ1v) is 9.58. The minimum atomic E-state index is -0.250. The van der Waals surface area contributed by atoms with Crippen molar-refractivity contribution in [3.63, 3.8) is 0 Å². The number of hydrogen-bond acceptors (Lipinski definition) is 3. The highest BCUT2D eigenvalue weighted by Crippen LogP contribution is 2.23. The van der Waals surface area contributed by atoms with E-state index >= 15 is 0 Å². The molecule has 0 radical (unpaired) electrons. The lowest BCUT2D eigenvalue weighted by Crippen LogP contribution is -2.34. The summed E-state index contributed by atoms with van der Waals surface area (Å²) in [7, 11) is 5.76. The normalized spacial score (nSPS) is 12.2. The van der Waals surface area contributed by atoms with Crippen LogP contribution in [0.5, 0.6) is 0 Å². The number of carbonyl (C=O) groups is 1. The van der Waals surface area contributed by atoms with Crippen LogP contribution < -0.4 is 5.32 Å². The van der Waals surface area contributed by atoms with Crippen molar-refractivity contribution in [2.24, 2.45) is 7.05 Å². The highest BCUT2D eigenvalue weighted by Gasteiger charge is 2.18. The SMILES string of the molecule is Cc1ccc(C(CNC(=O)c2cc(-c3ccc(F)c(C)c3)n(C)n2)N(C)C)cc1. The van der Waals surface area contributed by atoms with Crippen LogP contribution in [-0.2, 0) is 7.05 Å². The number of amides is 1. The molecule has 0 aliphatic heterocycles. The van der Waals surface area contributed by atoms with Gasteiger partial charge in [-0.2, -0.15) is 5.10 Å². The zero-order chi connectivity index (χ0) is 21.1. The number of nitrogens with one attached hydrogen (secondary N) is 1. The molecule has 3 rings (SSSR count). The maximum Gasteiger partial charge on any atom is 0.271 e. The molecule has 29 heavy (non-hydrogen) atoms. The second kappa shape index (κ2) is 8.57. The zero-order valence-electron chi connectivity index (χ0n) is 17.5. The van der Waals surface area contributed by atoms with Gasteiger partial charge >= 0.3 is 0 Å². The molecule has 0 bridgehead atoms. The quantitative estimate of drug-likeness (QED) is 0.690. The van der Waals surface area contributed by atoms with Crippen LogP contribution in [0.4, 0.5) is 4.39 Å². The van der Waals surface area contributed by atoms with Crippen LogP contribution in [0.3, 0.4) is 0 Å². The Morgan fingerprint density at radius 3 is 2.45 bits per heavy atom. The third kappa shape index (κ3) is 4.71. The van der Waals surface area contributed by atoms with Gasteiger partial charge in [-0.1, -0.05) is 29.8 Å². The summed E-state index contributed by atoms with van der Waals surface area (Å²) < 4.78 is 15.2. The van der Waals surface area contributed by atoms with E-state index in [0.717, 1.165) is 16.8 Å². The molecule has 0 saturated carbocycles. The molecule has 0 saturated heterocycles. The smallest absolute Gasteiger partial charge is 0.271 e. The van der Waals surface area contributed by atoms with Crippen molar-refractivity contribution in [2.45, 2.75) is 19.9 Å². The van der Waals surface area contributed by atoms with Gasteiger partial charge in [-0.05, 0) is 63.3 Å². The molecular weight excluding hydrogens is 367 g/mol. The number of aromatic nitrogens is 2. The summed E-state index contributed by atoms with van der Waals surface area (Å²) in [6.07, 6.45) is 0. The monoisotopic (exact) mass is 394 g/mol. The van der Waals surface area contributed by atoms with Crippen molar-refractivity contribution in [3.05, 3.63) is 76.7 Å². The van der Waals surface area contributed by atoms with Crippen molar-refractivity contribution in [1.82, 2.24) is 20.0 Å². The van der Waals surface area contributed by atoms with Gasteiger partial charge in [0.1, 0.15) is 5.82 Å². The summed E-state index contributed by atoms with van der Waals surface area (Å²) in [6, 6.07) is 15.0. The summed E-state index contributed by atoms with van der Waals surface area (Å²) in [5.74, 6) is -0.482. The summed E-state index contributed by atoms with van der Waals surface area (Å²) in [4.78, 5) is 14.8. The van der Waals surface area contributed by atoms with Crippen molar-refractivity contribution in [3.8, 4) is 11.3 Å². The van der Waals surface area contributed by atoms with E-state index < -0.39 is 0 Å². The van der Waals surface area contributed by atoms with Crippen LogP contribution >= 0.6 is 0 Å². The maximum absolute atomic E-state index is 13.6. The lowest BCUT2D eigenvalue weighted by atomic mass is 10.0. The van der Waals surface area contributed by atoms with E-state index in [1.165, 1.54) is 11.6 Å². The molecule has 0 fully saturated rings. The predicted octanol–water partition coefficient (Wildman–Crippen LogP) is 3.88. The van der Waals surface area contributed by atoms with Gasteiger partial charge in [-0.3, -0.25) is 9.48 Å². The van der Waals surface area contributed by atoms with Gasteiger partial charge in [0.2, 0.25) is 0 Å². The number of benzene rings is 2. The number of nitrogens with zero attached hydrogens (tertiary/aromatic N) is 3. The maximum atomic E-state index is 13.6. The number of aryl methyl sites for hydroxylation is 3. The van der Waals surface area contributed by atoms with E-state index in [2.05, 4.69) is 46.5 Å². The third-order valence-corrected chi connectivity index (χ3v) is 5.11. The Morgan fingerprint density at radius 1 is 1.14 bits per heavy atom. The Morgan fingerprint density at radius 2 is 1.83 bits per heavy atom. The van der Waals surface area contributed by atoms with Crippen LogP contribution in [-0.4, -0.2) is 41.2 Å². The number of halogens is 1. The van der Waals surface area contributed by atoms with E-state index in [0.29, 0.717) is 17.8 Å². The number of hydrogen-bond donors (Lipinski definition) is 1. The molecule has 0 aliphatic rings. The minimum Gasteiger partial charge on any atom is -0.349 e. The number of carbonyl (C=O) groups excluding carboxylic acids is 1. The van der Waals surface area contributed by atoms with Crippen LogP contribution in [0, 0.1) is 19.7 Å². The van der Waals surface area contributed by atoms with Crippen LogP contribution in [0.2, 0.25) is 0 Å². The number of rotatable bonds is 6. The second-order valence-electron chi connectivity index (χ2n) is 7.60. The van der Waals surface area contributed by atoms with Gasteiger partial charge in [-0.15, -0.1) is 0 Å².